The van der Waals surface area contributed by atoms with Gasteiger partial charge in [-0.1, -0.05) is 64.7 Å². The third-order valence-electron chi connectivity index (χ3n) is 3.45. The van der Waals surface area contributed by atoms with E-state index >= 15 is 0 Å². The Bertz CT molecular complexity index is 349. The largest absolute Gasteiger partial charge is 0.465 e. The van der Waals surface area contributed by atoms with Crippen molar-refractivity contribution < 1.29 is 17.9 Å². The second-order valence-corrected chi connectivity index (χ2v) is 7.76. The molecule has 0 heterocycles. The molecule has 5 heteroatoms. The Morgan fingerprint density at radius 2 is 1.29 bits per heavy atom. The summed E-state index contributed by atoms with van der Waals surface area (Å²) in [6.07, 6.45) is 11.7. The topological polar surface area (TPSA) is 60.4 Å². The number of unbranched alkanes of at least 4 members (excludes halogenated alkanes) is 9. The van der Waals surface area contributed by atoms with Crippen molar-refractivity contribution in [2.24, 2.45) is 0 Å². The molecule has 0 aliphatic carbocycles. The zero-order chi connectivity index (χ0) is 16.0. The van der Waals surface area contributed by atoms with Gasteiger partial charge in [-0.15, -0.1) is 0 Å². The van der Waals surface area contributed by atoms with Crippen molar-refractivity contribution in [2.45, 2.75) is 78.1 Å². The van der Waals surface area contributed by atoms with E-state index in [0.29, 0.717) is 6.42 Å². The first-order chi connectivity index (χ1) is 10.0. The lowest BCUT2D eigenvalue weighted by molar-refractivity contribution is -0.139. The van der Waals surface area contributed by atoms with Gasteiger partial charge in [0.25, 0.3) is 0 Å². The minimum atomic E-state index is -3.29. The Kier molecular flexibility index (Phi) is 12.7. The molecule has 0 spiro atoms. The van der Waals surface area contributed by atoms with E-state index in [-0.39, 0.29) is 12.4 Å². The molecule has 0 aliphatic rings. The fraction of sp³-hybridized carbons (Fsp3) is 0.938. The van der Waals surface area contributed by atoms with Crippen LogP contribution in [0.15, 0.2) is 0 Å². The maximum absolute atomic E-state index is 11.7. The van der Waals surface area contributed by atoms with Gasteiger partial charge in [0, 0.05) is 0 Å². The molecule has 0 aromatic heterocycles. The smallest absolute Gasteiger partial charge is 0.321 e. The summed E-state index contributed by atoms with van der Waals surface area (Å²) in [4.78, 5) is 11.1. The van der Waals surface area contributed by atoms with Crippen LogP contribution in [-0.2, 0) is 19.4 Å². The zero-order valence-electron chi connectivity index (χ0n) is 13.7. The number of sulfone groups is 1. The molecule has 21 heavy (non-hydrogen) atoms. The average Bonchev–Trinajstić information content (AvgIpc) is 2.40. The molecule has 0 aromatic rings. The van der Waals surface area contributed by atoms with Crippen LogP contribution in [0.2, 0.25) is 0 Å². The molecule has 0 radical (unpaired) electrons. The second kappa shape index (κ2) is 13.1. The highest BCUT2D eigenvalue weighted by Gasteiger charge is 2.16. The number of carbonyl (C=O) groups excluding carboxylic acids is 1. The number of carbonyl (C=O) groups is 1. The molecule has 0 saturated heterocycles. The van der Waals surface area contributed by atoms with Gasteiger partial charge < -0.3 is 4.74 Å². The van der Waals surface area contributed by atoms with Crippen LogP contribution in [0.1, 0.15) is 78.1 Å². The predicted molar refractivity (Wildman–Crippen MR) is 87.1 cm³/mol. The molecule has 0 fully saturated rings. The van der Waals surface area contributed by atoms with Crippen LogP contribution >= 0.6 is 0 Å². The lowest BCUT2D eigenvalue weighted by atomic mass is 10.1. The molecular weight excluding hydrogens is 288 g/mol. The van der Waals surface area contributed by atoms with E-state index in [0.717, 1.165) is 12.8 Å². The monoisotopic (exact) mass is 320 g/mol. The Morgan fingerprint density at radius 1 is 0.810 bits per heavy atom. The first-order valence-corrected chi connectivity index (χ1v) is 10.2. The number of ether oxygens (including phenoxy) is 1. The molecular formula is C16H32O4S. The SMILES string of the molecule is CCCCCCCCCCCCS(=O)(=O)CC(=O)OCC. The molecule has 0 atom stereocenters. The van der Waals surface area contributed by atoms with Crippen LogP contribution in [0.5, 0.6) is 0 Å². The van der Waals surface area contributed by atoms with Crippen LogP contribution in [-0.4, -0.2) is 32.5 Å². The van der Waals surface area contributed by atoms with E-state index in [2.05, 4.69) is 11.7 Å². The van der Waals surface area contributed by atoms with Crippen molar-refractivity contribution in [3.63, 3.8) is 0 Å². The average molecular weight is 320 g/mol. The predicted octanol–water partition coefficient (Wildman–Crippen LogP) is 3.89. The van der Waals surface area contributed by atoms with E-state index < -0.39 is 21.6 Å². The molecule has 0 aliphatic heterocycles. The third-order valence-corrected chi connectivity index (χ3v) is 5.04. The summed E-state index contributed by atoms with van der Waals surface area (Å²) in [6, 6.07) is 0. The number of hydrogen-bond acceptors (Lipinski definition) is 4. The molecule has 0 amide bonds. The summed E-state index contributed by atoms with van der Waals surface area (Å²) in [7, 11) is -3.29. The van der Waals surface area contributed by atoms with Crippen LogP contribution in [0, 0.1) is 0 Å². The van der Waals surface area contributed by atoms with Crippen LogP contribution in [0.4, 0.5) is 0 Å². The van der Waals surface area contributed by atoms with Gasteiger partial charge in [0.15, 0.2) is 9.84 Å². The normalized spacial score (nSPS) is 11.5. The maximum atomic E-state index is 11.7. The maximum Gasteiger partial charge on any atom is 0.321 e. The first kappa shape index (κ1) is 20.4. The summed E-state index contributed by atoms with van der Waals surface area (Å²) in [6.45, 7) is 4.12. The molecule has 126 valence electrons. The van der Waals surface area contributed by atoms with Gasteiger partial charge in [0.2, 0.25) is 0 Å². The lowest BCUT2D eigenvalue weighted by Gasteiger charge is -2.05. The summed E-state index contributed by atoms with van der Waals surface area (Å²) in [5.41, 5.74) is 0. The van der Waals surface area contributed by atoms with Gasteiger partial charge in [-0.25, -0.2) is 8.42 Å². The van der Waals surface area contributed by atoms with Gasteiger partial charge in [-0.2, -0.15) is 0 Å². The molecule has 0 rings (SSSR count). The molecule has 0 bridgehead atoms. The molecule has 0 saturated carbocycles. The fourth-order valence-corrected chi connectivity index (χ4v) is 3.49. The second-order valence-electron chi connectivity index (χ2n) is 5.58. The lowest BCUT2D eigenvalue weighted by Crippen LogP contribution is -2.21. The van der Waals surface area contributed by atoms with Gasteiger partial charge in [-0.05, 0) is 13.3 Å². The molecule has 4 nitrogen and oxygen atoms in total. The first-order valence-electron chi connectivity index (χ1n) is 8.38. The quantitative estimate of drug-likeness (QED) is 0.360. The van der Waals surface area contributed by atoms with Crippen molar-refractivity contribution >= 4 is 15.8 Å². The number of esters is 1. The van der Waals surface area contributed by atoms with Crippen LogP contribution in [0.25, 0.3) is 0 Å². The van der Waals surface area contributed by atoms with Crippen LogP contribution in [0.3, 0.4) is 0 Å². The van der Waals surface area contributed by atoms with Crippen LogP contribution < -0.4 is 0 Å². The molecule has 0 unspecified atom stereocenters. The fourth-order valence-electron chi connectivity index (χ4n) is 2.26. The van der Waals surface area contributed by atoms with E-state index in [1.54, 1.807) is 6.92 Å². The van der Waals surface area contributed by atoms with E-state index in [4.69, 9.17) is 0 Å². The van der Waals surface area contributed by atoms with E-state index in [9.17, 15) is 13.2 Å². The highest BCUT2D eigenvalue weighted by molar-refractivity contribution is 7.92. The van der Waals surface area contributed by atoms with E-state index in [1.165, 1.54) is 44.9 Å². The van der Waals surface area contributed by atoms with Crippen molar-refractivity contribution in [1.29, 1.82) is 0 Å². The Labute approximate surface area is 130 Å². The minimum Gasteiger partial charge on any atom is -0.465 e. The van der Waals surface area contributed by atoms with Gasteiger partial charge in [0.1, 0.15) is 5.75 Å². The van der Waals surface area contributed by atoms with Gasteiger partial charge in [-0.3, -0.25) is 4.79 Å². The standard InChI is InChI=1S/C16H32O4S/c1-3-5-6-7-8-9-10-11-12-13-14-21(18,19)15-16(17)20-4-2/h3-15H2,1-2H3. The Hall–Kier alpha value is -0.580. The van der Waals surface area contributed by atoms with Crippen molar-refractivity contribution in [3.05, 3.63) is 0 Å². The van der Waals surface area contributed by atoms with Crippen molar-refractivity contribution in [2.75, 3.05) is 18.1 Å². The number of hydrogen-bond donors (Lipinski definition) is 0. The van der Waals surface area contributed by atoms with E-state index in [1.807, 2.05) is 0 Å². The Morgan fingerprint density at radius 3 is 1.76 bits per heavy atom. The summed E-state index contributed by atoms with van der Waals surface area (Å²) in [5, 5.41) is 0. The summed E-state index contributed by atoms with van der Waals surface area (Å²) < 4.78 is 28.0. The zero-order valence-corrected chi connectivity index (χ0v) is 14.6. The highest BCUT2D eigenvalue weighted by atomic mass is 32.2. The third kappa shape index (κ3) is 14.1. The Balaban J connectivity index is 3.47. The highest BCUT2D eigenvalue weighted by Crippen LogP contribution is 2.11. The summed E-state index contributed by atoms with van der Waals surface area (Å²) >= 11 is 0. The van der Waals surface area contributed by atoms with Crippen molar-refractivity contribution in [3.8, 4) is 0 Å². The van der Waals surface area contributed by atoms with Crippen molar-refractivity contribution in [1.82, 2.24) is 0 Å². The molecule has 0 aromatic carbocycles. The molecule has 0 N–H and O–H groups in total. The summed E-state index contributed by atoms with van der Waals surface area (Å²) in [5.74, 6) is -1.01. The minimum absolute atomic E-state index is 0.0995. The number of rotatable bonds is 14. The van der Waals surface area contributed by atoms with Gasteiger partial charge in [0.05, 0.1) is 12.4 Å². The van der Waals surface area contributed by atoms with Gasteiger partial charge >= 0.3 is 5.97 Å².